The summed E-state index contributed by atoms with van der Waals surface area (Å²) < 4.78 is 26.8. The first-order chi connectivity index (χ1) is 12.1. The van der Waals surface area contributed by atoms with Gasteiger partial charge in [0.15, 0.2) is 0 Å². The van der Waals surface area contributed by atoms with Crippen molar-refractivity contribution >= 4 is 21.9 Å². The van der Waals surface area contributed by atoms with Crippen LogP contribution in [-0.4, -0.2) is 60.8 Å². The van der Waals surface area contributed by atoms with Crippen LogP contribution in [-0.2, 0) is 14.8 Å². The van der Waals surface area contributed by atoms with E-state index in [0.717, 1.165) is 0 Å². The summed E-state index contributed by atoms with van der Waals surface area (Å²) >= 11 is 0. The SMILES string of the molecule is CCN(CC)S(=O)(=O)c1ccc(C)c(C(=O)N2CCC(C)(C(=O)O)C2)c1. The van der Waals surface area contributed by atoms with Gasteiger partial charge in [0, 0.05) is 31.7 Å². The first-order valence-corrected chi connectivity index (χ1v) is 10.1. The second-order valence-corrected chi connectivity index (χ2v) is 8.85. The number of nitrogens with zero attached hydrogens (tertiary/aromatic N) is 2. The van der Waals surface area contributed by atoms with Crippen molar-refractivity contribution in [2.45, 2.75) is 39.0 Å². The van der Waals surface area contributed by atoms with Gasteiger partial charge in [0.1, 0.15) is 0 Å². The number of sulfonamides is 1. The van der Waals surface area contributed by atoms with E-state index < -0.39 is 21.4 Å². The summed E-state index contributed by atoms with van der Waals surface area (Å²) in [7, 11) is -3.67. The minimum atomic E-state index is -3.67. The third kappa shape index (κ3) is 3.61. The van der Waals surface area contributed by atoms with E-state index in [4.69, 9.17) is 0 Å². The molecule has 1 aliphatic heterocycles. The van der Waals surface area contributed by atoms with E-state index in [0.29, 0.717) is 37.2 Å². The molecule has 1 atom stereocenters. The smallest absolute Gasteiger partial charge is 0.311 e. The van der Waals surface area contributed by atoms with Crippen LogP contribution in [0.2, 0.25) is 0 Å². The molecule has 7 nitrogen and oxygen atoms in total. The molecule has 1 fully saturated rings. The van der Waals surface area contributed by atoms with Gasteiger partial charge in [-0.05, 0) is 38.0 Å². The van der Waals surface area contributed by atoms with Gasteiger partial charge < -0.3 is 10.0 Å². The number of rotatable bonds is 6. The highest BCUT2D eigenvalue weighted by Crippen LogP contribution is 2.31. The Morgan fingerprint density at radius 3 is 2.38 bits per heavy atom. The number of amides is 1. The number of aryl methyl sites for hydroxylation is 1. The molecule has 26 heavy (non-hydrogen) atoms. The monoisotopic (exact) mass is 382 g/mol. The quantitative estimate of drug-likeness (QED) is 0.811. The Hall–Kier alpha value is -1.93. The number of likely N-dealkylation sites (tertiary alicyclic amines) is 1. The molecule has 0 saturated carbocycles. The predicted octanol–water partition coefficient (Wildman–Crippen LogP) is 1.96. The Morgan fingerprint density at radius 2 is 1.88 bits per heavy atom. The Morgan fingerprint density at radius 1 is 1.27 bits per heavy atom. The minimum Gasteiger partial charge on any atom is -0.481 e. The molecule has 0 aromatic heterocycles. The predicted molar refractivity (Wildman–Crippen MR) is 97.5 cm³/mol. The number of carboxylic acids is 1. The summed E-state index contributed by atoms with van der Waals surface area (Å²) in [5, 5.41) is 9.34. The van der Waals surface area contributed by atoms with E-state index in [-0.39, 0.29) is 17.3 Å². The molecule has 1 saturated heterocycles. The molecule has 0 spiro atoms. The van der Waals surface area contributed by atoms with Crippen LogP contribution in [0.25, 0.3) is 0 Å². The maximum Gasteiger partial charge on any atom is 0.311 e. The van der Waals surface area contributed by atoms with Crippen LogP contribution < -0.4 is 0 Å². The molecule has 1 amide bonds. The normalized spacial score (nSPS) is 20.6. The lowest BCUT2D eigenvalue weighted by molar-refractivity contribution is -0.147. The van der Waals surface area contributed by atoms with E-state index in [2.05, 4.69) is 0 Å². The highest BCUT2D eigenvalue weighted by molar-refractivity contribution is 7.89. The van der Waals surface area contributed by atoms with Gasteiger partial charge in [0.05, 0.1) is 10.3 Å². The summed E-state index contributed by atoms with van der Waals surface area (Å²) in [6, 6.07) is 4.53. The van der Waals surface area contributed by atoms with Crippen molar-refractivity contribution in [3.8, 4) is 0 Å². The van der Waals surface area contributed by atoms with Crippen LogP contribution in [0.1, 0.15) is 43.1 Å². The third-order valence-corrected chi connectivity index (χ3v) is 7.11. The topological polar surface area (TPSA) is 95.0 Å². The number of carbonyl (C=O) groups is 2. The van der Waals surface area contributed by atoms with Crippen LogP contribution in [0.3, 0.4) is 0 Å². The first-order valence-electron chi connectivity index (χ1n) is 8.70. The van der Waals surface area contributed by atoms with Crippen molar-refractivity contribution in [1.29, 1.82) is 0 Å². The Labute approximate surface area is 154 Å². The molecular weight excluding hydrogens is 356 g/mol. The van der Waals surface area contributed by atoms with Crippen LogP contribution in [0.5, 0.6) is 0 Å². The van der Waals surface area contributed by atoms with Gasteiger partial charge in [-0.25, -0.2) is 8.42 Å². The highest BCUT2D eigenvalue weighted by atomic mass is 32.2. The average molecular weight is 382 g/mol. The first kappa shape index (κ1) is 20.4. The number of carbonyl (C=O) groups excluding carboxylic acids is 1. The van der Waals surface area contributed by atoms with Gasteiger partial charge >= 0.3 is 5.97 Å². The lowest BCUT2D eigenvalue weighted by atomic mass is 9.90. The van der Waals surface area contributed by atoms with Gasteiger partial charge in [0.25, 0.3) is 5.91 Å². The highest BCUT2D eigenvalue weighted by Gasteiger charge is 2.42. The van der Waals surface area contributed by atoms with Gasteiger partial charge in [-0.15, -0.1) is 0 Å². The van der Waals surface area contributed by atoms with Crippen molar-refractivity contribution in [2.24, 2.45) is 5.41 Å². The Bertz CT molecular complexity index is 817. The Kier molecular flexibility index (Phi) is 5.77. The molecule has 144 valence electrons. The number of hydrogen-bond donors (Lipinski definition) is 1. The minimum absolute atomic E-state index is 0.0790. The zero-order chi connectivity index (χ0) is 19.7. The second-order valence-electron chi connectivity index (χ2n) is 6.91. The zero-order valence-corrected chi connectivity index (χ0v) is 16.5. The summed E-state index contributed by atoms with van der Waals surface area (Å²) in [4.78, 5) is 25.9. The summed E-state index contributed by atoms with van der Waals surface area (Å²) in [6.07, 6.45) is 0.380. The van der Waals surface area contributed by atoms with Crippen LogP contribution >= 0.6 is 0 Å². The van der Waals surface area contributed by atoms with E-state index in [1.807, 2.05) is 0 Å². The van der Waals surface area contributed by atoms with Gasteiger partial charge in [-0.3, -0.25) is 9.59 Å². The zero-order valence-electron chi connectivity index (χ0n) is 15.7. The molecule has 1 N–H and O–H groups in total. The molecule has 0 radical (unpaired) electrons. The maximum atomic E-state index is 12.9. The molecule has 2 rings (SSSR count). The van der Waals surface area contributed by atoms with Crippen molar-refractivity contribution in [2.75, 3.05) is 26.2 Å². The second kappa shape index (κ2) is 7.36. The largest absolute Gasteiger partial charge is 0.481 e. The molecule has 1 aromatic carbocycles. The summed E-state index contributed by atoms with van der Waals surface area (Å²) in [5.74, 6) is -1.26. The lowest BCUT2D eigenvalue weighted by Crippen LogP contribution is -2.35. The molecule has 0 bridgehead atoms. The molecule has 8 heteroatoms. The van der Waals surface area contributed by atoms with E-state index in [1.54, 1.807) is 33.8 Å². The number of benzene rings is 1. The van der Waals surface area contributed by atoms with Crippen LogP contribution in [0, 0.1) is 12.3 Å². The van der Waals surface area contributed by atoms with Crippen molar-refractivity contribution in [3.05, 3.63) is 29.3 Å². The molecule has 1 heterocycles. The van der Waals surface area contributed by atoms with Gasteiger partial charge in [0.2, 0.25) is 10.0 Å². The third-order valence-electron chi connectivity index (χ3n) is 5.06. The van der Waals surface area contributed by atoms with E-state index in [9.17, 15) is 23.1 Å². The summed E-state index contributed by atoms with van der Waals surface area (Å²) in [6.45, 7) is 8.04. The standard InChI is InChI=1S/C18H26N2O5S/c1-5-20(6-2)26(24,25)14-8-7-13(3)15(11-14)16(21)19-10-9-18(4,12-19)17(22)23/h7-8,11H,5-6,9-10,12H2,1-4H3,(H,22,23). The van der Waals surface area contributed by atoms with Gasteiger partial charge in [-0.1, -0.05) is 19.9 Å². The van der Waals surface area contributed by atoms with Crippen molar-refractivity contribution in [3.63, 3.8) is 0 Å². The molecule has 1 aromatic rings. The molecule has 1 unspecified atom stereocenters. The molecule has 0 aliphatic carbocycles. The number of hydrogen-bond acceptors (Lipinski definition) is 4. The fourth-order valence-corrected chi connectivity index (χ4v) is 4.67. The van der Waals surface area contributed by atoms with Crippen LogP contribution in [0.4, 0.5) is 0 Å². The van der Waals surface area contributed by atoms with E-state index in [1.165, 1.54) is 21.3 Å². The van der Waals surface area contributed by atoms with Gasteiger partial charge in [-0.2, -0.15) is 4.31 Å². The molecule has 1 aliphatic rings. The Balaban J connectivity index is 2.37. The number of carboxylic acid groups (broad SMARTS) is 1. The average Bonchev–Trinajstić information content (AvgIpc) is 2.99. The fraction of sp³-hybridized carbons (Fsp3) is 0.556. The lowest BCUT2D eigenvalue weighted by Gasteiger charge is -2.22. The van der Waals surface area contributed by atoms with Crippen molar-refractivity contribution < 1.29 is 23.1 Å². The van der Waals surface area contributed by atoms with Crippen molar-refractivity contribution in [1.82, 2.24) is 9.21 Å². The van der Waals surface area contributed by atoms with E-state index >= 15 is 0 Å². The fourth-order valence-electron chi connectivity index (χ4n) is 3.18. The summed E-state index contributed by atoms with van der Waals surface area (Å²) in [5.41, 5.74) is -0.000581. The molecular formula is C18H26N2O5S. The number of aliphatic carboxylic acids is 1. The van der Waals surface area contributed by atoms with Crippen LogP contribution in [0.15, 0.2) is 23.1 Å². The maximum absolute atomic E-state index is 12.9.